The SMILES string of the molecule is CNC(=O)/C(NC)=C(/C=N)NC(O)c1nc(N2CCCC2)cnc1Nc1cncnc1. The maximum Gasteiger partial charge on any atom is 0.269 e. The lowest BCUT2D eigenvalue weighted by Gasteiger charge is -2.22. The lowest BCUT2D eigenvalue weighted by Crippen LogP contribution is -2.34. The second-order valence-electron chi connectivity index (χ2n) is 6.72. The molecule has 1 amide bonds. The summed E-state index contributed by atoms with van der Waals surface area (Å²) in [4.78, 5) is 31.2. The second-order valence-corrected chi connectivity index (χ2v) is 6.72. The lowest BCUT2D eigenvalue weighted by atomic mass is 10.2. The van der Waals surface area contributed by atoms with E-state index in [1.807, 2.05) is 0 Å². The number of aromatic nitrogens is 4. The standard InChI is InChI=1S/C19H26N10O2/c1-21-15(18(30)22-2)13(7-20)27-19(31)16-17(26-12-8-23-11-24-9-12)25-10-14(28-16)29-5-3-4-6-29/h7-11,19-21,27,31H,3-6H2,1-2H3,(H,22,30)(H,25,26)/b15-13+,20-7?. The highest BCUT2D eigenvalue weighted by atomic mass is 16.3. The number of likely N-dealkylation sites (N-methyl/N-ethyl adjacent to an activating group) is 2. The molecule has 3 heterocycles. The molecule has 0 radical (unpaired) electrons. The van der Waals surface area contributed by atoms with Gasteiger partial charge in [-0.2, -0.15) is 0 Å². The summed E-state index contributed by atoms with van der Waals surface area (Å²) in [6.07, 6.45) is 7.91. The summed E-state index contributed by atoms with van der Waals surface area (Å²) in [7, 11) is 3.03. The van der Waals surface area contributed by atoms with Gasteiger partial charge < -0.3 is 36.7 Å². The molecule has 0 spiro atoms. The minimum absolute atomic E-state index is 0.0942. The molecule has 164 valence electrons. The highest BCUT2D eigenvalue weighted by Gasteiger charge is 2.23. The number of nitrogens with zero attached hydrogens (tertiary/aromatic N) is 5. The summed E-state index contributed by atoms with van der Waals surface area (Å²) in [6.45, 7) is 1.73. The van der Waals surface area contributed by atoms with E-state index in [0.717, 1.165) is 32.1 Å². The van der Waals surface area contributed by atoms with Gasteiger partial charge in [0.1, 0.15) is 23.5 Å². The number of nitrogens with one attached hydrogen (secondary N) is 5. The molecule has 1 saturated heterocycles. The van der Waals surface area contributed by atoms with E-state index in [0.29, 0.717) is 17.3 Å². The van der Waals surface area contributed by atoms with Crippen LogP contribution in [0.3, 0.4) is 0 Å². The van der Waals surface area contributed by atoms with Crippen molar-refractivity contribution < 1.29 is 9.90 Å². The van der Waals surface area contributed by atoms with E-state index >= 15 is 0 Å². The number of carbonyl (C=O) groups is 1. The van der Waals surface area contributed by atoms with Crippen LogP contribution in [0.4, 0.5) is 17.3 Å². The molecule has 1 fully saturated rings. The van der Waals surface area contributed by atoms with Crippen LogP contribution in [0, 0.1) is 5.41 Å². The third kappa shape index (κ3) is 5.22. The Morgan fingerprint density at radius 2 is 1.90 bits per heavy atom. The molecular weight excluding hydrogens is 400 g/mol. The van der Waals surface area contributed by atoms with E-state index in [4.69, 9.17) is 5.41 Å². The predicted molar refractivity (Wildman–Crippen MR) is 116 cm³/mol. The minimum Gasteiger partial charge on any atom is -0.382 e. The van der Waals surface area contributed by atoms with Crippen LogP contribution in [0.2, 0.25) is 0 Å². The van der Waals surface area contributed by atoms with Crippen molar-refractivity contribution in [3.63, 3.8) is 0 Å². The lowest BCUT2D eigenvalue weighted by molar-refractivity contribution is -0.117. The Morgan fingerprint density at radius 3 is 2.52 bits per heavy atom. The van der Waals surface area contributed by atoms with Gasteiger partial charge in [-0.25, -0.2) is 19.9 Å². The third-order valence-corrected chi connectivity index (χ3v) is 4.71. The molecule has 1 aliphatic rings. The van der Waals surface area contributed by atoms with Crippen LogP contribution >= 0.6 is 0 Å². The molecule has 0 aliphatic carbocycles. The maximum atomic E-state index is 12.1. The molecular formula is C19H26N10O2. The summed E-state index contributed by atoms with van der Waals surface area (Å²) in [5.41, 5.74) is 0.978. The summed E-state index contributed by atoms with van der Waals surface area (Å²) in [6, 6.07) is 0. The van der Waals surface area contributed by atoms with Crippen molar-refractivity contribution in [2.24, 2.45) is 0 Å². The molecule has 3 rings (SSSR count). The fourth-order valence-corrected chi connectivity index (χ4v) is 3.18. The number of hydrogen-bond donors (Lipinski definition) is 6. The Hall–Kier alpha value is -3.80. The van der Waals surface area contributed by atoms with Crippen molar-refractivity contribution in [3.8, 4) is 0 Å². The molecule has 0 bridgehead atoms. The van der Waals surface area contributed by atoms with Gasteiger partial charge in [-0.3, -0.25) is 4.79 Å². The monoisotopic (exact) mass is 426 g/mol. The quantitative estimate of drug-likeness (QED) is 0.183. The van der Waals surface area contributed by atoms with E-state index in [9.17, 15) is 9.90 Å². The van der Waals surface area contributed by atoms with Crippen LogP contribution in [0.1, 0.15) is 24.8 Å². The Balaban J connectivity index is 1.96. The second kappa shape index (κ2) is 10.3. The number of anilines is 3. The number of aliphatic hydroxyl groups excluding tert-OH is 1. The first-order chi connectivity index (χ1) is 15.1. The van der Waals surface area contributed by atoms with Gasteiger partial charge in [0.25, 0.3) is 5.91 Å². The molecule has 12 nitrogen and oxygen atoms in total. The number of allylic oxidation sites excluding steroid dienone is 1. The van der Waals surface area contributed by atoms with E-state index in [1.165, 1.54) is 13.4 Å². The average molecular weight is 426 g/mol. The van der Waals surface area contributed by atoms with Gasteiger partial charge in [0.2, 0.25) is 0 Å². The third-order valence-electron chi connectivity index (χ3n) is 4.71. The van der Waals surface area contributed by atoms with E-state index in [1.54, 1.807) is 25.6 Å². The first-order valence-electron chi connectivity index (χ1n) is 9.80. The van der Waals surface area contributed by atoms with Crippen LogP contribution in [0.25, 0.3) is 0 Å². The Labute approximate surface area is 179 Å². The van der Waals surface area contributed by atoms with E-state index < -0.39 is 12.1 Å². The summed E-state index contributed by atoms with van der Waals surface area (Å²) in [5.74, 6) is 0.508. The van der Waals surface area contributed by atoms with E-state index in [2.05, 4.69) is 46.1 Å². The van der Waals surface area contributed by atoms with Gasteiger partial charge in [0.05, 0.1) is 30.0 Å². The van der Waals surface area contributed by atoms with Gasteiger partial charge >= 0.3 is 0 Å². The van der Waals surface area contributed by atoms with Crippen molar-refractivity contribution in [2.45, 2.75) is 19.1 Å². The predicted octanol–water partition coefficient (Wildman–Crippen LogP) is 0.0175. The first kappa shape index (κ1) is 21.9. The van der Waals surface area contributed by atoms with Gasteiger partial charge in [0, 0.05) is 33.4 Å². The van der Waals surface area contributed by atoms with Crippen LogP contribution in [-0.4, -0.2) is 64.3 Å². The first-order valence-corrected chi connectivity index (χ1v) is 9.80. The van der Waals surface area contributed by atoms with Gasteiger partial charge in [-0.1, -0.05) is 0 Å². The number of hydrogen-bond acceptors (Lipinski definition) is 11. The summed E-state index contributed by atoms with van der Waals surface area (Å²) >= 11 is 0. The molecule has 0 saturated carbocycles. The molecule has 6 N–H and O–H groups in total. The van der Waals surface area contributed by atoms with Crippen LogP contribution in [0.5, 0.6) is 0 Å². The molecule has 1 aliphatic heterocycles. The number of amides is 1. The van der Waals surface area contributed by atoms with Crippen LogP contribution < -0.4 is 26.2 Å². The molecule has 0 aromatic carbocycles. The largest absolute Gasteiger partial charge is 0.382 e. The van der Waals surface area contributed by atoms with Crippen molar-refractivity contribution in [1.29, 1.82) is 5.41 Å². The summed E-state index contributed by atoms with van der Waals surface area (Å²) in [5, 5.41) is 29.7. The highest BCUT2D eigenvalue weighted by molar-refractivity contribution is 5.98. The van der Waals surface area contributed by atoms with Crippen molar-refractivity contribution in [3.05, 3.63) is 42.0 Å². The Bertz CT molecular complexity index is 944. The zero-order valence-electron chi connectivity index (χ0n) is 17.4. The van der Waals surface area contributed by atoms with Crippen molar-refractivity contribution in [2.75, 3.05) is 37.4 Å². The van der Waals surface area contributed by atoms with Crippen LogP contribution in [-0.2, 0) is 4.79 Å². The number of rotatable bonds is 9. The summed E-state index contributed by atoms with van der Waals surface area (Å²) < 4.78 is 0. The fourth-order valence-electron chi connectivity index (χ4n) is 3.18. The van der Waals surface area contributed by atoms with Gasteiger partial charge in [-0.15, -0.1) is 0 Å². The molecule has 1 atom stereocenters. The Morgan fingerprint density at radius 1 is 1.19 bits per heavy atom. The van der Waals surface area contributed by atoms with Gasteiger partial charge in [-0.05, 0) is 12.8 Å². The van der Waals surface area contributed by atoms with Crippen LogP contribution in [0.15, 0.2) is 36.3 Å². The molecule has 12 heteroatoms. The topological polar surface area (TPSA) is 164 Å². The molecule has 2 aromatic heterocycles. The van der Waals surface area contributed by atoms with Gasteiger partial charge in [0.15, 0.2) is 12.0 Å². The number of carbonyl (C=O) groups excluding carboxylic acids is 1. The molecule has 2 aromatic rings. The smallest absolute Gasteiger partial charge is 0.269 e. The van der Waals surface area contributed by atoms with Crippen molar-refractivity contribution >= 4 is 29.4 Å². The molecule has 1 unspecified atom stereocenters. The zero-order chi connectivity index (χ0) is 22.2. The molecule has 31 heavy (non-hydrogen) atoms. The zero-order valence-corrected chi connectivity index (χ0v) is 17.4. The minimum atomic E-state index is -1.35. The van der Waals surface area contributed by atoms with E-state index in [-0.39, 0.29) is 17.1 Å². The highest BCUT2D eigenvalue weighted by Crippen LogP contribution is 2.26. The van der Waals surface area contributed by atoms with Crippen molar-refractivity contribution in [1.82, 2.24) is 35.9 Å². The fraction of sp³-hybridized carbons (Fsp3) is 0.368. The Kier molecular flexibility index (Phi) is 7.27. The number of aliphatic hydroxyl groups is 1. The normalized spacial score (nSPS) is 15.0. The maximum absolute atomic E-state index is 12.1. The average Bonchev–Trinajstić information content (AvgIpc) is 3.34.